The zero-order valence-electron chi connectivity index (χ0n) is 17.9. The van der Waals surface area contributed by atoms with Crippen LogP contribution in [0.4, 0.5) is 10.1 Å². The third-order valence-corrected chi connectivity index (χ3v) is 6.31. The zero-order chi connectivity index (χ0) is 20.1. The summed E-state index contributed by atoms with van der Waals surface area (Å²) < 4.78 is 25.8. The number of rotatable bonds is 6. The van der Waals surface area contributed by atoms with Crippen LogP contribution in [0, 0.1) is 5.82 Å². The first-order chi connectivity index (χ1) is 14.2. The number of likely N-dealkylation sites (tertiary alicyclic amines) is 1. The molecule has 3 fully saturated rings. The minimum absolute atomic E-state index is 0. The Labute approximate surface area is 196 Å². The normalized spacial score (nSPS) is 21.2. The number of morpholine rings is 1. The van der Waals surface area contributed by atoms with E-state index >= 15 is 0 Å². The van der Waals surface area contributed by atoms with E-state index in [1.54, 1.807) is 12.1 Å². The van der Waals surface area contributed by atoms with Gasteiger partial charge in [0.25, 0.3) is 0 Å². The number of nitrogens with one attached hydrogen (secondary N) is 1. The highest BCUT2D eigenvalue weighted by atomic mass is 35.5. The minimum atomic E-state index is -0.457. The standard InChI is InChI=1S/C22H32FN3O3.2ClH/c23-20-15-19(29-18-7-9-26(10-8-18)17-3-1-2-4-17)5-6-21(20)24-22(27)16-25-11-13-28-14-12-25;;/h5-6,15,17-18H,1-4,7-14,16H2,(H,24,27);2*1H. The summed E-state index contributed by atoms with van der Waals surface area (Å²) in [6.07, 6.45) is 7.47. The zero-order valence-corrected chi connectivity index (χ0v) is 19.5. The third-order valence-electron chi connectivity index (χ3n) is 6.31. The largest absolute Gasteiger partial charge is 0.490 e. The lowest BCUT2D eigenvalue weighted by Gasteiger charge is -2.36. The SMILES string of the molecule is Cl.Cl.O=C(CN1CCOCC1)Nc1ccc(OC2CCN(C3CCCC3)CC2)cc1F. The second-order valence-corrected chi connectivity index (χ2v) is 8.37. The van der Waals surface area contributed by atoms with Crippen LogP contribution in [0.1, 0.15) is 38.5 Å². The fourth-order valence-electron chi connectivity index (χ4n) is 4.64. The second kappa shape index (κ2) is 12.8. The summed E-state index contributed by atoms with van der Waals surface area (Å²) in [5.74, 6) is -0.132. The number of halogens is 3. The van der Waals surface area contributed by atoms with E-state index in [4.69, 9.17) is 9.47 Å². The number of hydrogen-bond acceptors (Lipinski definition) is 5. The van der Waals surface area contributed by atoms with Crippen molar-refractivity contribution in [3.8, 4) is 5.75 Å². The number of ether oxygens (including phenoxy) is 2. The average Bonchev–Trinajstić information content (AvgIpc) is 3.26. The van der Waals surface area contributed by atoms with Gasteiger partial charge in [0.1, 0.15) is 17.7 Å². The molecule has 1 aromatic rings. The molecule has 0 unspecified atom stereocenters. The van der Waals surface area contributed by atoms with Gasteiger partial charge in [-0.05, 0) is 37.8 Å². The van der Waals surface area contributed by atoms with E-state index in [1.807, 2.05) is 4.90 Å². The number of piperidine rings is 1. The predicted molar refractivity (Wildman–Crippen MR) is 124 cm³/mol. The Bertz CT molecular complexity index is 693. The van der Waals surface area contributed by atoms with E-state index in [0.717, 1.165) is 45.1 Å². The summed E-state index contributed by atoms with van der Waals surface area (Å²) in [7, 11) is 0. The molecule has 0 bridgehead atoms. The summed E-state index contributed by atoms with van der Waals surface area (Å²) in [5, 5.41) is 2.67. The van der Waals surface area contributed by atoms with Crippen LogP contribution in [0.15, 0.2) is 18.2 Å². The topological polar surface area (TPSA) is 54.0 Å². The van der Waals surface area contributed by atoms with Crippen molar-refractivity contribution in [2.75, 3.05) is 51.3 Å². The molecule has 0 atom stereocenters. The Morgan fingerprint density at radius 2 is 1.74 bits per heavy atom. The molecule has 1 amide bonds. The van der Waals surface area contributed by atoms with Crippen molar-refractivity contribution in [3.63, 3.8) is 0 Å². The van der Waals surface area contributed by atoms with Crippen LogP contribution in [0.3, 0.4) is 0 Å². The highest BCUT2D eigenvalue weighted by molar-refractivity contribution is 5.92. The Morgan fingerprint density at radius 3 is 2.39 bits per heavy atom. The lowest BCUT2D eigenvalue weighted by molar-refractivity contribution is -0.118. The second-order valence-electron chi connectivity index (χ2n) is 8.37. The number of carbonyl (C=O) groups is 1. The van der Waals surface area contributed by atoms with E-state index in [0.29, 0.717) is 19.0 Å². The van der Waals surface area contributed by atoms with Crippen molar-refractivity contribution in [2.24, 2.45) is 0 Å². The molecule has 0 radical (unpaired) electrons. The molecule has 176 valence electrons. The molecule has 3 aliphatic rings. The quantitative estimate of drug-likeness (QED) is 0.676. The maximum atomic E-state index is 14.5. The van der Waals surface area contributed by atoms with Gasteiger partial charge in [-0.1, -0.05) is 12.8 Å². The van der Waals surface area contributed by atoms with Crippen molar-refractivity contribution in [2.45, 2.75) is 50.7 Å². The van der Waals surface area contributed by atoms with Crippen LogP contribution in [0.2, 0.25) is 0 Å². The van der Waals surface area contributed by atoms with Gasteiger partial charge < -0.3 is 19.7 Å². The predicted octanol–water partition coefficient (Wildman–Crippen LogP) is 3.73. The van der Waals surface area contributed by atoms with Gasteiger partial charge in [-0.15, -0.1) is 24.8 Å². The van der Waals surface area contributed by atoms with E-state index in [1.165, 1.54) is 31.7 Å². The van der Waals surface area contributed by atoms with Crippen LogP contribution in [-0.4, -0.2) is 73.8 Å². The van der Waals surface area contributed by atoms with Gasteiger partial charge in [0.05, 0.1) is 25.4 Å². The molecule has 0 spiro atoms. The molecule has 1 saturated carbocycles. The minimum Gasteiger partial charge on any atom is -0.490 e. The van der Waals surface area contributed by atoms with Gasteiger partial charge in [0.2, 0.25) is 5.91 Å². The van der Waals surface area contributed by atoms with E-state index in [9.17, 15) is 9.18 Å². The van der Waals surface area contributed by atoms with Crippen LogP contribution >= 0.6 is 24.8 Å². The first-order valence-electron chi connectivity index (χ1n) is 11.0. The maximum Gasteiger partial charge on any atom is 0.238 e. The first-order valence-corrected chi connectivity index (χ1v) is 11.0. The number of nitrogens with zero attached hydrogens (tertiary/aromatic N) is 2. The maximum absolute atomic E-state index is 14.5. The van der Waals surface area contributed by atoms with E-state index in [-0.39, 0.29) is 49.1 Å². The van der Waals surface area contributed by atoms with Gasteiger partial charge in [0, 0.05) is 38.3 Å². The summed E-state index contributed by atoms with van der Waals surface area (Å²) >= 11 is 0. The number of amides is 1. The summed E-state index contributed by atoms with van der Waals surface area (Å²) in [4.78, 5) is 16.8. The van der Waals surface area contributed by atoms with Gasteiger partial charge in [-0.25, -0.2) is 4.39 Å². The van der Waals surface area contributed by atoms with Gasteiger partial charge in [0.15, 0.2) is 0 Å². The van der Waals surface area contributed by atoms with Gasteiger partial charge in [-0.2, -0.15) is 0 Å². The third kappa shape index (κ3) is 7.46. The molecule has 1 aliphatic carbocycles. The van der Waals surface area contributed by atoms with Crippen LogP contribution in [0.25, 0.3) is 0 Å². The molecule has 4 rings (SSSR count). The highest BCUT2D eigenvalue weighted by Gasteiger charge is 2.28. The lowest BCUT2D eigenvalue weighted by Crippen LogP contribution is -2.43. The van der Waals surface area contributed by atoms with Crippen molar-refractivity contribution in [3.05, 3.63) is 24.0 Å². The van der Waals surface area contributed by atoms with E-state index in [2.05, 4.69) is 10.2 Å². The molecule has 9 heteroatoms. The number of carbonyl (C=O) groups excluding carboxylic acids is 1. The summed E-state index contributed by atoms with van der Waals surface area (Å²) in [5.41, 5.74) is 0.201. The highest BCUT2D eigenvalue weighted by Crippen LogP contribution is 2.28. The van der Waals surface area contributed by atoms with Crippen LogP contribution in [0.5, 0.6) is 5.75 Å². The first kappa shape index (κ1) is 26.1. The lowest BCUT2D eigenvalue weighted by atomic mass is 10.0. The van der Waals surface area contributed by atoms with Crippen molar-refractivity contribution >= 4 is 36.4 Å². The Hall–Kier alpha value is -1.12. The Balaban J connectivity index is 0.00000171. The monoisotopic (exact) mass is 477 g/mol. The molecule has 0 aromatic heterocycles. The van der Waals surface area contributed by atoms with Crippen molar-refractivity contribution < 1.29 is 18.7 Å². The Kier molecular flexibility index (Phi) is 10.8. The smallest absolute Gasteiger partial charge is 0.238 e. The van der Waals surface area contributed by atoms with Crippen LogP contribution < -0.4 is 10.1 Å². The molecule has 1 N–H and O–H groups in total. The molecule has 2 aliphatic heterocycles. The molecule has 2 heterocycles. The van der Waals surface area contributed by atoms with Crippen molar-refractivity contribution in [1.29, 1.82) is 0 Å². The fraction of sp³-hybridized carbons (Fsp3) is 0.682. The molecule has 1 aromatic carbocycles. The van der Waals surface area contributed by atoms with Gasteiger partial charge >= 0.3 is 0 Å². The molecule has 6 nitrogen and oxygen atoms in total. The van der Waals surface area contributed by atoms with Crippen LogP contribution in [-0.2, 0) is 9.53 Å². The molecular formula is C22H34Cl2FN3O3. The number of benzene rings is 1. The number of anilines is 1. The van der Waals surface area contributed by atoms with Gasteiger partial charge in [-0.3, -0.25) is 9.69 Å². The molecule has 31 heavy (non-hydrogen) atoms. The summed E-state index contributed by atoms with van der Waals surface area (Å²) in [6, 6.07) is 5.48. The molecular weight excluding hydrogens is 444 g/mol. The van der Waals surface area contributed by atoms with Crippen molar-refractivity contribution in [1.82, 2.24) is 9.80 Å². The average molecular weight is 478 g/mol. The van der Waals surface area contributed by atoms with E-state index < -0.39 is 5.82 Å². The summed E-state index contributed by atoms with van der Waals surface area (Å²) in [6.45, 7) is 5.09. The molecule has 2 saturated heterocycles. The fourth-order valence-corrected chi connectivity index (χ4v) is 4.64. The Morgan fingerprint density at radius 1 is 1.06 bits per heavy atom. The number of hydrogen-bond donors (Lipinski definition) is 1.